The lowest BCUT2D eigenvalue weighted by Gasteiger charge is -2.13. The highest BCUT2D eigenvalue weighted by molar-refractivity contribution is 9.09. The Morgan fingerprint density at radius 1 is 1.37 bits per heavy atom. The summed E-state index contributed by atoms with van der Waals surface area (Å²) in [5.74, 6) is -6.98. The number of aromatic hydroxyl groups is 1. The lowest BCUT2D eigenvalue weighted by molar-refractivity contribution is 0.0940. The van der Waals surface area contributed by atoms with E-state index in [0.717, 1.165) is 12.8 Å². The molecule has 2 N–H and O–H groups in total. The molecule has 0 atom stereocenters. The Morgan fingerprint density at radius 3 is 2.53 bits per heavy atom. The van der Waals surface area contributed by atoms with E-state index in [1.54, 1.807) is 0 Å². The Kier molecular flexibility index (Phi) is 3.75. The van der Waals surface area contributed by atoms with Gasteiger partial charge in [-0.3, -0.25) is 4.79 Å². The fraction of sp³-hybridized carbons (Fsp3) is 0.417. The number of amides is 1. The minimum atomic E-state index is -1.70. The smallest absolute Gasteiger partial charge is 0.254 e. The van der Waals surface area contributed by atoms with Crippen molar-refractivity contribution in [2.24, 2.45) is 5.41 Å². The summed E-state index contributed by atoms with van der Waals surface area (Å²) < 4.78 is 39.4. The zero-order valence-corrected chi connectivity index (χ0v) is 11.4. The van der Waals surface area contributed by atoms with Gasteiger partial charge in [-0.1, -0.05) is 15.9 Å². The van der Waals surface area contributed by atoms with Gasteiger partial charge in [0.15, 0.2) is 17.4 Å². The molecule has 0 radical (unpaired) electrons. The number of carbonyl (C=O) groups is 1. The molecule has 2 rings (SSSR count). The predicted molar refractivity (Wildman–Crippen MR) is 65.8 cm³/mol. The first-order valence-corrected chi connectivity index (χ1v) is 6.73. The normalized spacial score (nSPS) is 16.2. The molecule has 1 saturated carbocycles. The number of nitrogens with one attached hydrogen (secondary N) is 1. The molecule has 0 heterocycles. The summed E-state index contributed by atoms with van der Waals surface area (Å²) in [4.78, 5) is 11.7. The van der Waals surface area contributed by atoms with E-state index >= 15 is 0 Å². The third-order valence-corrected chi connectivity index (χ3v) is 4.43. The van der Waals surface area contributed by atoms with Gasteiger partial charge in [-0.15, -0.1) is 0 Å². The van der Waals surface area contributed by atoms with E-state index in [9.17, 15) is 18.0 Å². The van der Waals surface area contributed by atoms with Crippen LogP contribution in [0.15, 0.2) is 6.07 Å². The van der Waals surface area contributed by atoms with Crippen molar-refractivity contribution in [3.05, 3.63) is 29.1 Å². The summed E-state index contributed by atoms with van der Waals surface area (Å²) in [6.45, 7) is 0.316. The molecule has 3 nitrogen and oxygen atoms in total. The van der Waals surface area contributed by atoms with Crippen LogP contribution in [-0.2, 0) is 0 Å². The number of phenols is 1. The lowest BCUT2D eigenvalue weighted by Crippen LogP contribution is -2.31. The molecular formula is C12H11BrF3NO2. The predicted octanol–water partition coefficient (Wildman–Crippen LogP) is 2.71. The van der Waals surface area contributed by atoms with Crippen LogP contribution in [0, 0.1) is 22.9 Å². The van der Waals surface area contributed by atoms with Gasteiger partial charge < -0.3 is 10.4 Å². The molecule has 1 fully saturated rings. The number of halogens is 4. The highest BCUT2D eigenvalue weighted by Gasteiger charge is 2.41. The Hall–Kier alpha value is -1.24. The second-order valence-corrected chi connectivity index (χ2v) is 5.26. The van der Waals surface area contributed by atoms with Gasteiger partial charge >= 0.3 is 0 Å². The molecule has 0 saturated heterocycles. The third kappa shape index (κ3) is 2.70. The van der Waals surface area contributed by atoms with E-state index in [0.29, 0.717) is 17.9 Å². The van der Waals surface area contributed by atoms with Gasteiger partial charge in [0.05, 0.1) is 5.56 Å². The minimum Gasteiger partial charge on any atom is -0.503 e. The highest BCUT2D eigenvalue weighted by atomic mass is 79.9. The topological polar surface area (TPSA) is 49.3 Å². The lowest BCUT2D eigenvalue weighted by atomic mass is 10.1. The van der Waals surface area contributed by atoms with Crippen LogP contribution in [0.25, 0.3) is 0 Å². The van der Waals surface area contributed by atoms with E-state index in [-0.39, 0.29) is 5.41 Å². The Morgan fingerprint density at radius 2 is 2.00 bits per heavy atom. The van der Waals surface area contributed by atoms with Crippen molar-refractivity contribution in [3.63, 3.8) is 0 Å². The van der Waals surface area contributed by atoms with Gasteiger partial charge in [0.2, 0.25) is 5.82 Å². The largest absolute Gasteiger partial charge is 0.503 e. The fourth-order valence-corrected chi connectivity index (χ4v) is 2.41. The molecule has 7 heteroatoms. The van der Waals surface area contributed by atoms with Crippen LogP contribution >= 0.6 is 15.9 Å². The summed E-state index contributed by atoms with van der Waals surface area (Å²) in [5, 5.41) is 12.2. The molecule has 1 aliphatic rings. The molecule has 0 unspecified atom stereocenters. The molecular weight excluding hydrogens is 327 g/mol. The molecule has 1 aliphatic carbocycles. The van der Waals surface area contributed by atoms with E-state index in [4.69, 9.17) is 5.11 Å². The van der Waals surface area contributed by atoms with Gasteiger partial charge in [-0.2, -0.15) is 4.39 Å². The van der Waals surface area contributed by atoms with Crippen molar-refractivity contribution in [1.82, 2.24) is 5.32 Å². The molecule has 0 bridgehead atoms. The van der Waals surface area contributed by atoms with Gasteiger partial charge in [0, 0.05) is 11.9 Å². The average Bonchev–Trinajstić information content (AvgIpc) is 3.18. The Balaban J connectivity index is 2.15. The van der Waals surface area contributed by atoms with Gasteiger partial charge in [0.1, 0.15) is 0 Å². The highest BCUT2D eigenvalue weighted by Crippen LogP contribution is 2.46. The van der Waals surface area contributed by atoms with Crippen molar-refractivity contribution >= 4 is 21.8 Å². The maximum absolute atomic E-state index is 13.5. The number of rotatable bonds is 4. The zero-order chi connectivity index (χ0) is 14.2. The maximum atomic E-state index is 13.5. The van der Waals surface area contributed by atoms with Crippen molar-refractivity contribution in [3.8, 4) is 5.75 Å². The van der Waals surface area contributed by atoms with Gasteiger partial charge in [-0.25, -0.2) is 8.78 Å². The van der Waals surface area contributed by atoms with E-state index in [2.05, 4.69) is 21.2 Å². The molecule has 0 aromatic heterocycles. The second kappa shape index (κ2) is 5.03. The quantitative estimate of drug-likeness (QED) is 0.655. The van der Waals surface area contributed by atoms with Crippen LogP contribution < -0.4 is 5.32 Å². The zero-order valence-electron chi connectivity index (χ0n) is 9.77. The maximum Gasteiger partial charge on any atom is 0.254 e. The third-order valence-electron chi connectivity index (χ3n) is 3.24. The van der Waals surface area contributed by atoms with Crippen molar-refractivity contribution in [1.29, 1.82) is 0 Å². The molecule has 0 aliphatic heterocycles. The molecule has 19 heavy (non-hydrogen) atoms. The average molecular weight is 338 g/mol. The summed E-state index contributed by atoms with van der Waals surface area (Å²) >= 11 is 3.31. The number of carbonyl (C=O) groups excluding carboxylic acids is 1. The summed E-state index contributed by atoms with van der Waals surface area (Å²) in [6, 6.07) is 0.438. The minimum absolute atomic E-state index is 0.0350. The van der Waals surface area contributed by atoms with Crippen LogP contribution in [0.5, 0.6) is 5.75 Å². The summed E-state index contributed by atoms with van der Waals surface area (Å²) in [5.41, 5.74) is -0.742. The summed E-state index contributed by atoms with van der Waals surface area (Å²) in [6.07, 6.45) is 1.87. The first kappa shape index (κ1) is 14.2. The van der Waals surface area contributed by atoms with Gasteiger partial charge in [-0.05, 0) is 24.3 Å². The first-order chi connectivity index (χ1) is 8.90. The molecule has 104 valence electrons. The van der Waals surface area contributed by atoms with Crippen molar-refractivity contribution in [2.45, 2.75) is 12.8 Å². The summed E-state index contributed by atoms with van der Waals surface area (Å²) in [7, 11) is 0. The first-order valence-electron chi connectivity index (χ1n) is 5.61. The molecule has 0 spiro atoms. The van der Waals surface area contributed by atoms with Crippen LogP contribution in [0.2, 0.25) is 0 Å². The number of hydrogen-bond acceptors (Lipinski definition) is 2. The van der Waals surface area contributed by atoms with Crippen LogP contribution in [-0.4, -0.2) is 22.9 Å². The van der Waals surface area contributed by atoms with Crippen LogP contribution in [0.3, 0.4) is 0 Å². The monoisotopic (exact) mass is 337 g/mol. The van der Waals surface area contributed by atoms with E-state index in [1.165, 1.54) is 0 Å². The molecule has 1 aromatic carbocycles. The number of benzene rings is 1. The number of phenolic OH excluding ortho intramolecular Hbond substituents is 1. The van der Waals surface area contributed by atoms with Gasteiger partial charge in [0.25, 0.3) is 5.91 Å². The number of hydrogen-bond donors (Lipinski definition) is 2. The Bertz CT molecular complexity index is 532. The van der Waals surface area contributed by atoms with Crippen LogP contribution in [0.1, 0.15) is 23.2 Å². The second-order valence-electron chi connectivity index (χ2n) is 4.70. The fourth-order valence-electron chi connectivity index (χ4n) is 1.65. The number of alkyl halides is 1. The standard InChI is InChI=1S/C12H11BrF3NO2/c13-4-12(1-2-12)5-17-11(19)6-3-7(14)9(16)10(18)8(6)15/h3,18H,1-2,4-5H2,(H,17,19). The molecule has 1 amide bonds. The Labute approximate surface area is 115 Å². The van der Waals surface area contributed by atoms with Crippen LogP contribution in [0.4, 0.5) is 13.2 Å². The van der Waals surface area contributed by atoms with E-state index in [1.807, 2.05) is 0 Å². The van der Waals surface area contributed by atoms with Crippen molar-refractivity contribution in [2.75, 3.05) is 11.9 Å². The SMILES string of the molecule is O=C(NCC1(CBr)CC1)c1cc(F)c(F)c(O)c1F. The van der Waals surface area contributed by atoms with E-state index < -0.39 is 34.7 Å². The molecule has 1 aromatic rings. The van der Waals surface area contributed by atoms with Crippen molar-refractivity contribution < 1.29 is 23.1 Å².